The number of unbranched alkanes of at least 4 members (excludes halogenated alkanes) is 2. The van der Waals surface area contributed by atoms with Crippen molar-refractivity contribution in [2.24, 2.45) is 11.3 Å². The number of nitrogens with one attached hydrogen (secondary N) is 3. The van der Waals surface area contributed by atoms with Crippen molar-refractivity contribution in [3.63, 3.8) is 0 Å². The quantitative estimate of drug-likeness (QED) is 0.0472. The van der Waals surface area contributed by atoms with Crippen molar-refractivity contribution < 1.29 is 41.1 Å². The molecule has 2 aliphatic rings. The van der Waals surface area contributed by atoms with Gasteiger partial charge < -0.3 is 29.9 Å². The van der Waals surface area contributed by atoms with Crippen LogP contribution in [0.3, 0.4) is 0 Å². The fourth-order valence-corrected chi connectivity index (χ4v) is 6.37. The molecule has 0 bridgehead atoms. The van der Waals surface area contributed by atoms with E-state index in [4.69, 9.17) is 11.6 Å². The molecule has 3 N–H and O–H groups in total. The van der Waals surface area contributed by atoms with Gasteiger partial charge in [0.25, 0.3) is 11.5 Å². The lowest BCUT2D eigenvalue weighted by Crippen LogP contribution is -2.55. The van der Waals surface area contributed by atoms with Crippen LogP contribution in [-0.4, -0.2) is 101 Å². The standard InChI is InChI=1S/C26H39N7O4.C7H8BrCl.C6H5F5O.C4H10/c1-19(10-7-5-4-6-8-13-28-22(35)17-32(3)23(36)16-27-18-34)33-15-12-20-24(26(33)37)30-25(29-20)21-11-9-14-31(21)2;1-5(7(3)8)4-6(2)9;7-5(8)1-4(2-5,3-12)6(9,10)11;1-4(2)3/h5,7,12,15,18-19,21H,4,6,8-11,13-14,16-17H2,1-3H3,(H,27,34)(H,28,35)(H,29,30);4H,2-3H2,1H3;3H,1-2H2;4H,1-3H3/b7-5-;5-4-;;. The number of amides is 3. The van der Waals surface area contributed by atoms with Gasteiger partial charge in [-0.05, 0) is 89.6 Å². The summed E-state index contributed by atoms with van der Waals surface area (Å²) in [6, 6.07) is 2.20. The molecule has 4 rings (SSSR count). The van der Waals surface area contributed by atoms with Gasteiger partial charge in [-0.2, -0.15) is 13.2 Å². The van der Waals surface area contributed by atoms with Crippen molar-refractivity contribution in [2.75, 3.05) is 40.3 Å². The number of likely N-dealkylation sites (tertiary alicyclic amines) is 1. The number of fused-ring (bicyclic) bond motifs is 1. The number of hydrogen-bond acceptors (Lipinski definition) is 7. The van der Waals surface area contributed by atoms with Gasteiger partial charge in [-0.25, -0.2) is 13.8 Å². The molecule has 0 radical (unpaired) electrons. The Labute approximate surface area is 374 Å². The molecule has 0 spiro atoms. The molecule has 2 atom stereocenters. The Kier molecular flexibility index (Phi) is 23.8. The number of hydrogen-bond donors (Lipinski definition) is 3. The van der Waals surface area contributed by atoms with Crippen LogP contribution in [0.15, 0.2) is 63.5 Å². The third kappa shape index (κ3) is 19.1. The van der Waals surface area contributed by atoms with E-state index >= 15 is 0 Å². The Balaban J connectivity index is 0.000000621. The van der Waals surface area contributed by atoms with Crippen molar-refractivity contribution in [3.8, 4) is 0 Å². The van der Waals surface area contributed by atoms with E-state index in [0.717, 1.165) is 72.4 Å². The first kappa shape index (κ1) is 55.9. The molecule has 62 heavy (non-hydrogen) atoms. The maximum Gasteiger partial charge on any atom is 0.401 e. The van der Waals surface area contributed by atoms with Gasteiger partial charge in [-0.1, -0.05) is 73.6 Å². The average Bonchev–Trinajstić information content (AvgIpc) is 3.79. The van der Waals surface area contributed by atoms with Gasteiger partial charge in [0, 0.05) is 48.2 Å². The molecule has 1 aliphatic carbocycles. The predicted molar refractivity (Wildman–Crippen MR) is 238 cm³/mol. The molecule has 0 aromatic carbocycles. The lowest BCUT2D eigenvalue weighted by atomic mass is 9.66. The average molecular weight is 967 g/mol. The Morgan fingerprint density at radius 2 is 1.77 bits per heavy atom. The lowest BCUT2D eigenvalue weighted by molar-refractivity contribution is -0.289. The number of carbonyl (C=O) groups excluding carboxylic acids is 4. The van der Waals surface area contributed by atoms with Crippen LogP contribution in [0.1, 0.15) is 104 Å². The maximum absolute atomic E-state index is 13.1. The van der Waals surface area contributed by atoms with E-state index in [2.05, 4.69) is 94.6 Å². The van der Waals surface area contributed by atoms with Gasteiger partial charge in [-0.15, -0.1) is 0 Å². The molecular formula is C43H62BrClF5N7O5. The highest BCUT2D eigenvalue weighted by Crippen LogP contribution is 2.58. The van der Waals surface area contributed by atoms with E-state index in [-0.39, 0.29) is 42.5 Å². The summed E-state index contributed by atoms with van der Waals surface area (Å²) >= 11 is 8.69. The maximum atomic E-state index is 13.1. The second-order valence-electron chi connectivity index (χ2n) is 16.1. The molecule has 2 unspecified atom stereocenters. The van der Waals surface area contributed by atoms with E-state index in [1.54, 1.807) is 10.6 Å². The largest absolute Gasteiger partial charge is 0.401 e. The Morgan fingerprint density at radius 3 is 2.24 bits per heavy atom. The van der Waals surface area contributed by atoms with Crippen molar-refractivity contribution in [3.05, 3.63) is 74.9 Å². The Morgan fingerprint density at radius 1 is 1.15 bits per heavy atom. The van der Waals surface area contributed by atoms with Gasteiger partial charge in [0.2, 0.25) is 18.2 Å². The minimum Gasteiger partial charge on any atom is -0.355 e. The summed E-state index contributed by atoms with van der Waals surface area (Å²) in [5, 5.41) is 5.61. The zero-order valence-electron chi connectivity index (χ0n) is 36.6. The van der Waals surface area contributed by atoms with Gasteiger partial charge in [0.1, 0.15) is 17.5 Å². The minimum atomic E-state index is -4.85. The number of halogens is 7. The third-order valence-corrected chi connectivity index (χ3v) is 10.3. The Bertz CT molecular complexity index is 1920. The molecule has 19 heteroatoms. The van der Waals surface area contributed by atoms with E-state index in [0.29, 0.717) is 23.5 Å². The molecular weight excluding hydrogens is 905 g/mol. The summed E-state index contributed by atoms with van der Waals surface area (Å²) in [4.78, 5) is 68.5. The number of H-pyrrole nitrogens is 1. The zero-order chi connectivity index (χ0) is 47.4. The summed E-state index contributed by atoms with van der Waals surface area (Å²) in [5.41, 5.74) is -0.570. The molecule has 3 amide bonds. The van der Waals surface area contributed by atoms with Gasteiger partial charge >= 0.3 is 6.18 Å². The van der Waals surface area contributed by atoms with E-state index < -0.39 is 36.6 Å². The molecule has 1 saturated heterocycles. The van der Waals surface area contributed by atoms with Crippen LogP contribution >= 0.6 is 27.5 Å². The fraction of sp³-hybridized carbons (Fsp3) is 0.581. The number of carbonyl (C=O) groups is 4. The molecule has 2 aromatic heterocycles. The summed E-state index contributed by atoms with van der Waals surface area (Å²) in [6.45, 7) is 19.0. The number of imidazole rings is 1. The topological polar surface area (TPSA) is 149 Å². The number of allylic oxidation sites excluding steroid dienone is 6. The van der Waals surface area contributed by atoms with Gasteiger partial charge in [-0.3, -0.25) is 24.1 Å². The van der Waals surface area contributed by atoms with Crippen LogP contribution < -0.4 is 16.2 Å². The molecule has 1 saturated carbocycles. The van der Waals surface area contributed by atoms with E-state index in [9.17, 15) is 45.9 Å². The molecule has 12 nitrogen and oxygen atoms in total. The van der Waals surface area contributed by atoms with Crippen LogP contribution in [0.5, 0.6) is 0 Å². The third-order valence-electron chi connectivity index (χ3n) is 9.55. The first-order valence-corrected chi connectivity index (χ1v) is 21.4. The van der Waals surface area contributed by atoms with Crippen molar-refractivity contribution in [1.82, 2.24) is 35.0 Å². The number of pyridine rings is 1. The van der Waals surface area contributed by atoms with Gasteiger partial charge in [0.15, 0.2) is 5.52 Å². The molecule has 2 fully saturated rings. The molecule has 1 aliphatic heterocycles. The number of rotatable bonds is 17. The van der Waals surface area contributed by atoms with Crippen molar-refractivity contribution >= 4 is 63.1 Å². The van der Waals surface area contributed by atoms with Crippen LogP contribution in [-0.2, 0) is 19.2 Å². The summed E-state index contributed by atoms with van der Waals surface area (Å²) in [5.74, 6) is -2.18. The lowest BCUT2D eigenvalue weighted by Gasteiger charge is -2.43. The molecule has 3 heterocycles. The Hall–Kier alpha value is -4.16. The molecule has 348 valence electrons. The first-order valence-electron chi connectivity index (χ1n) is 20.2. The van der Waals surface area contributed by atoms with Gasteiger partial charge in [0.05, 0.1) is 24.6 Å². The van der Waals surface area contributed by atoms with E-state index in [1.807, 2.05) is 26.1 Å². The summed E-state index contributed by atoms with van der Waals surface area (Å²) in [6.07, 6.45) is 5.70. The molecule has 2 aromatic rings. The van der Waals surface area contributed by atoms with Crippen LogP contribution in [0.2, 0.25) is 0 Å². The smallest absolute Gasteiger partial charge is 0.355 e. The SMILES string of the molecule is C=C(Cl)/C=C(/C)C(=C)Br.CC(C)C.CC(C/C=C\CCCCNC(=O)CN(C)C(=O)CNC=O)n1ccc2[nH]c(C3CCCN3C)nc2c1=O.O=CC1(C(F)(F)F)CC(F)(F)C1. The highest BCUT2D eigenvalue weighted by Gasteiger charge is 2.69. The van der Waals surface area contributed by atoms with Crippen LogP contribution in [0.25, 0.3) is 11.0 Å². The second kappa shape index (κ2) is 26.5. The predicted octanol–water partition coefficient (Wildman–Crippen LogP) is 8.91. The highest BCUT2D eigenvalue weighted by atomic mass is 79.9. The number of aldehydes is 1. The van der Waals surface area contributed by atoms with Crippen LogP contribution in [0, 0.1) is 11.3 Å². The fourth-order valence-electron chi connectivity index (χ4n) is 6.09. The van der Waals surface area contributed by atoms with Crippen molar-refractivity contribution in [2.45, 2.75) is 110 Å². The number of aromatic amines is 1. The normalized spacial score (nSPS) is 17.3. The number of alkyl halides is 5. The second-order valence-corrected chi connectivity index (χ2v) is 17.5. The first-order chi connectivity index (χ1) is 28.8. The monoisotopic (exact) mass is 965 g/mol. The van der Waals surface area contributed by atoms with Crippen molar-refractivity contribution in [1.29, 1.82) is 0 Å². The summed E-state index contributed by atoms with van der Waals surface area (Å²) in [7, 11) is 3.61. The number of nitrogens with zero attached hydrogens (tertiary/aromatic N) is 4. The number of aromatic nitrogens is 3. The zero-order valence-corrected chi connectivity index (χ0v) is 39.0. The highest BCUT2D eigenvalue weighted by molar-refractivity contribution is 9.11. The summed E-state index contributed by atoms with van der Waals surface area (Å²) < 4.78 is 62.6. The van der Waals surface area contributed by atoms with E-state index in [1.165, 1.54) is 11.9 Å². The van der Waals surface area contributed by atoms with Crippen LogP contribution in [0.4, 0.5) is 22.0 Å². The number of likely N-dealkylation sites (N-methyl/N-ethyl adjacent to an activating group) is 1. The minimum absolute atomic E-state index is 0.0168.